The molecular formula is C24H22N2OS. The lowest BCUT2D eigenvalue weighted by Crippen LogP contribution is -2.26. The van der Waals surface area contributed by atoms with E-state index >= 15 is 0 Å². The van der Waals surface area contributed by atoms with Gasteiger partial charge in [-0.15, -0.1) is 11.3 Å². The molecule has 2 heterocycles. The first-order valence-electron chi connectivity index (χ1n) is 9.68. The fourth-order valence-corrected chi connectivity index (χ4v) is 5.15. The van der Waals surface area contributed by atoms with E-state index in [9.17, 15) is 4.79 Å². The second kappa shape index (κ2) is 6.95. The van der Waals surface area contributed by atoms with Gasteiger partial charge >= 0.3 is 0 Å². The molecule has 0 bridgehead atoms. The van der Waals surface area contributed by atoms with Crippen LogP contribution in [0.15, 0.2) is 77.3 Å². The van der Waals surface area contributed by atoms with Gasteiger partial charge < -0.3 is 10.6 Å². The topological polar surface area (TPSA) is 41.1 Å². The average molecular weight is 387 g/mol. The number of para-hydroxylation sites is 2. The summed E-state index contributed by atoms with van der Waals surface area (Å²) in [6, 6.07) is 20.7. The maximum atomic E-state index is 13.4. The molecule has 0 amide bonds. The van der Waals surface area contributed by atoms with E-state index in [4.69, 9.17) is 0 Å². The van der Waals surface area contributed by atoms with Crippen molar-refractivity contribution in [2.45, 2.75) is 31.7 Å². The van der Waals surface area contributed by atoms with E-state index in [0.29, 0.717) is 6.42 Å². The average Bonchev–Trinajstić information content (AvgIpc) is 3.17. The summed E-state index contributed by atoms with van der Waals surface area (Å²) < 4.78 is 0. The molecule has 5 rings (SSSR count). The first kappa shape index (κ1) is 17.3. The summed E-state index contributed by atoms with van der Waals surface area (Å²) in [5.41, 5.74) is 6.34. The minimum Gasteiger partial charge on any atom is -0.372 e. The molecule has 0 saturated carbocycles. The lowest BCUT2D eigenvalue weighted by Gasteiger charge is -2.29. The van der Waals surface area contributed by atoms with Gasteiger partial charge in [-0.25, -0.2) is 0 Å². The van der Waals surface area contributed by atoms with Crippen LogP contribution < -0.4 is 10.6 Å². The van der Waals surface area contributed by atoms with Crippen molar-refractivity contribution in [2.75, 3.05) is 10.6 Å². The molecule has 2 aliphatic rings. The summed E-state index contributed by atoms with van der Waals surface area (Å²) in [6.45, 7) is 2.09. The van der Waals surface area contributed by atoms with Crippen LogP contribution >= 0.6 is 11.3 Å². The predicted octanol–water partition coefficient (Wildman–Crippen LogP) is 6.04. The third kappa shape index (κ3) is 3.04. The molecule has 2 aromatic carbocycles. The van der Waals surface area contributed by atoms with Crippen LogP contribution in [0.4, 0.5) is 11.4 Å². The number of aryl methyl sites for hydroxylation is 1. The molecule has 3 aromatic rings. The van der Waals surface area contributed by atoms with Gasteiger partial charge in [0, 0.05) is 28.5 Å². The van der Waals surface area contributed by atoms with Crippen molar-refractivity contribution in [3.63, 3.8) is 0 Å². The number of allylic oxidation sites excluding steroid dienone is 1. The van der Waals surface area contributed by atoms with Gasteiger partial charge in [0.05, 0.1) is 17.4 Å². The van der Waals surface area contributed by atoms with Gasteiger partial charge in [-0.3, -0.25) is 4.79 Å². The van der Waals surface area contributed by atoms with Crippen molar-refractivity contribution >= 4 is 28.5 Å². The number of thiophene rings is 1. The second-order valence-corrected chi connectivity index (χ2v) is 8.58. The number of benzene rings is 2. The van der Waals surface area contributed by atoms with E-state index in [0.717, 1.165) is 34.6 Å². The molecule has 2 atom stereocenters. The molecule has 4 heteroatoms. The van der Waals surface area contributed by atoms with Crippen molar-refractivity contribution in [1.82, 2.24) is 0 Å². The molecule has 2 unspecified atom stereocenters. The highest BCUT2D eigenvalue weighted by Gasteiger charge is 2.36. The number of carbonyl (C=O) groups is 1. The van der Waals surface area contributed by atoms with Crippen LogP contribution in [-0.2, 0) is 4.79 Å². The zero-order valence-electron chi connectivity index (χ0n) is 15.7. The molecule has 1 aliphatic heterocycles. The molecule has 1 aromatic heterocycles. The monoisotopic (exact) mass is 386 g/mol. The predicted molar refractivity (Wildman–Crippen MR) is 116 cm³/mol. The maximum absolute atomic E-state index is 13.4. The standard InChI is InChI=1S/C24H22N2OS/c1-15-6-4-7-16(12-15)24-23-20(25-18-8-2-3-9-19(18)26-24)13-17(14-21(23)27)22-10-5-11-28-22/h2-12,17,24-26H,13-14H2,1H3. The molecule has 0 spiro atoms. The molecule has 2 N–H and O–H groups in total. The smallest absolute Gasteiger partial charge is 0.163 e. The summed E-state index contributed by atoms with van der Waals surface area (Å²) in [4.78, 5) is 14.7. The van der Waals surface area contributed by atoms with Crippen molar-refractivity contribution in [2.24, 2.45) is 0 Å². The van der Waals surface area contributed by atoms with Gasteiger partial charge in [-0.2, -0.15) is 0 Å². The summed E-state index contributed by atoms with van der Waals surface area (Å²) >= 11 is 1.74. The normalized spacial score (nSPS) is 21.2. The Morgan fingerprint density at radius 1 is 0.964 bits per heavy atom. The largest absolute Gasteiger partial charge is 0.372 e. The summed E-state index contributed by atoms with van der Waals surface area (Å²) in [6.07, 6.45) is 1.43. The second-order valence-electron chi connectivity index (χ2n) is 7.60. The van der Waals surface area contributed by atoms with E-state index < -0.39 is 0 Å². The lowest BCUT2D eigenvalue weighted by atomic mass is 9.80. The number of carbonyl (C=O) groups excluding carboxylic acids is 1. The van der Waals surface area contributed by atoms with Gasteiger partial charge in [-0.1, -0.05) is 48.0 Å². The minimum absolute atomic E-state index is 0.136. The van der Waals surface area contributed by atoms with E-state index in [-0.39, 0.29) is 17.7 Å². The molecular weight excluding hydrogens is 364 g/mol. The van der Waals surface area contributed by atoms with E-state index in [2.05, 4.69) is 71.5 Å². The van der Waals surface area contributed by atoms with Crippen molar-refractivity contribution in [3.8, 4) is 0 Å². The fraction of sp³-hybridized carbons (Fsp3) is 0.208. The Hall–Kier alpha value is -2.85. The number of anilines is 2. The van der Waals surface area contributed by atoms with Crippen molar-refractivity contribution in [1.29, 1.82) is 0 Å². The van der Waals surface area contributed by atoms with Gasteiger partial charge in [-0.05, 0) is 42.5 Å². The Morgan fingerprint density at radius 3 is 2.61 bits per heavy atom. The van der Waals surface area contributed by atoms with Crippen molar-refractivity contribution in [3.05, 3.63) is 93.3 Å². The third-order valence-corrected chi connectivity index (χ3v) is 6.66. The van der Waals surface area contributed by atoms with Gasteiger partial charge in [0.25, 0.3) is 0 Å². The van der Waals surface area contributed by atoms with Gasteiger partial charge in [0.15, 0.2) is 5.78 Å². The van der Waals surface area contributed by atoms with E-state index in [1.807, 2.05) is 12.1 Å². The highest BCUT2D eigenvalue weighted by Crippen LogP contribution is 2.44. The van der Waals surface area contributed by atoms with E-state index in [1.54, 1.807) is 11.3 Å². The van der Waals surface area contributed by atoms with E-state index in [1.165, 1.54) is 10.4 Å². The third-order valence-electron chi connectivity index (χ3n) is 5.63. The zero-order chi connectivity index (χ0) is 19.1. The van der Waals surface area contributed by atoms with Crippen LogP contribution in [-0.4, -0.2) is 5.78 Å². The number of nitrogens with one attached hydrogen (secondary N) is 2. The Kier molecular flexibility index (Phi) is 4.29. The van der Waals surface area contributed by atoms with Gasteiger partial charge in [0.1, 0.15) is 0 Å². The molecule has 0 fully saturated rings. The fourth-order valence-electron chi connectivity index (χ4n) is 4.32. The summed E-state index contributed by atoms with van der Waals surface area (Å²) in [7, 11) is 0. The van der Waals surface area contributed by atoms with Crippen LogP contribution in [0.5, 0.6) is 0 Å². The zero-order valence-corrected chi connectivity index (χ0v) is 16.6. The molecule has 0 saturated heterocycles. The summed E-state index contributed by atoms with van der Waals surface area (Å²) in [5.74, 6) is 0.487. The molecule has 28 heavy (non-hydrogen) atoms. The molecule has 140 valence electrons. The van der Waals surface area contributed by atoms with Crippen LogP contribution in [0.2, 0.25) is 0 Å². The summed E-state index contributed by atoms with van der Waals surface area (Å²) in [5, 5.41) is 9.34. The van der Waals surface area contributed by atoms with Crippen LogP contribution in [0.1, 0.15) is 40.8 Å². The number of fused-ring (bicyclic) bond motifs is 1. The highest BCUT2D eigenvalue weighted by atomic mass is 32.1. The van der Waals surface area contributed by atoms with Crippen LogP contribution in [0, 0.1) is 6.92 Å². The highest BCUT2D eigenvalue weighted by molar-refractivity contribution is 7.10. The number of hydrogen-bond donors (Lipinski definition) is 2. The first-order valence-corrected chi connectivity index (χ1v) is 10.6. The number of rotatable bonds is 2. The molecule has 1 aliphatic carbocycles. The molecule has 3 nitrogen and oxygen atoms in total. The Labute approximate surface area is 169 Å². The Balaban J connectivity index is 1.64. The quantitative estimate of drug-likeness (QED) is 0.564. The maximum Gasteiger partial charge on any atom is 0.163 e. The van der Waals surface area contributed by atoms with Crippen LogP contribution in [0.25, 0.3) is 0 Å². The van der Waals surface area contributed by atoms with Crippen LogP contribution in [0.3, 0.4) is 0 Å². The first-order chi connectivity index (χ1) is 13.7. The number of ketones is 1. The van der Waals surface area contributed by atoms with Gasteiger partial charge in [0.2, 0.25) is 0 Å². The SMILES string of the molecule is Cc1cccc(C2Nc3ccccc3NC3=C2C(=O)CC(c2cccs2)C3)c1. The Morgan fingerprint density at radius 2 is 1.82 bits per heavy atom. The number of hydrogen-bond acceptors (Lipinski definition) is 4. The van der Waals surface area contributed by atoms with Crippen molar-refractivity contribution < 1.29 is 4.79 Å². The lowest BCUT2D eigenvalue weighted by molar-refractivity contribution is -0.116. The molecule has 0 radical (unpaired) electrons. The minimum atomic E-state index is -0.136. The number of Topliss-reactive ketones (excluding diaryl/α,β-unsaturated/α-hetero) is 1. The Bertz CT molecular complexity index is 1070.